The summed E-state index contributed by atoms with van der Waals surface area (Å²) in [6, 6.07) is 11.7. The third-order valence-electron chi connectivity index (χ3n) is 4.76. The van der Waals surface area contributed by atoms with Gasteiger partial charge in [0.05, 0.1) is 37.7 Å². The molecule has 1 amide bonds. The first kappa shape index (κ1) is 15.4. The predicted molar refractivity (Wildman–Crippen MR) is 85.3 cm³/mol. The van der Waals surface area contributed by atoms with Gasteiger partial charge in [-0.25, -0.2) is 0 Å². The fourth-order valence-electron chi connectivity index (χ4n) is 3.48. The lowest BCUT2D eigenvalue weighted by atomic mass is 9.98. The van der Waals surface area contributed by atoms with E-state index in [-0.39, 0.29) is 23.4 Å². The summed E-state index contributed by atoms with van der Waals surface area (Å²) in [7, 11) is 0. The van der Waals surface area contributed by atoms with Crippen LogP contribution in [-0.2, 0) is 16.1 Å². The molecule has 2 atom stereocenters. The molecule has 0 aliphatic carbocycles. The standard InChI is InChI=1S/C18H20N2O4/c21-17(16-6-8-19-24-16)20-9-7-18(13-20)10-15(12-23-18)22-11-14-4-2-1-3-5-14/h1-6,8,15H,7,9-13H2. The molecule has 1 aromatic carbocycles. The van der Waals surface area contributed by atoms with Crippen LogP contribution < -0.4 is 0 Å². The molecule has 6 nitrogen and oxygen atoms in total. The highest BCUT2D eigenvalue weighted by molar-refractivity contribution is 5.91. The lowest BCUT2D eigenvalue weighted by Gasteiger charge is -2.22. The molecule has 1 aromatic heterocycles. The number of benzene rings is 1. The maximum atomic E-state index is 12.3. The summed E-state index contributed by atoms with van der Waals surface area (Å²) in [6.45, 7) is 2.42. The Bertz CT molecular complexity index is 688. The SMILES string of the molecule is O=C(c1ccno1)N1CCC2(CC(OCc3ccccc3)CO2)C1. The number of hydrogen-bond acceptors (Lipinski definition) is 5. The van der Waals surface area contributed by atoms with Gasteiger partial charge in [0, 0.05) is 19.0 Å². The molecule has 2 fully saturated rings. The second-order valence-electron chi connectivity index (χ2n) is 6.47. The fraction of sp³-hybridized carbons (Fsp3) is 0.444. The molecule has 126 valence electrons. The Hall–Kier alpha value is -2.18. The summed E-state index contributed by atoms with van der Waals surface area (Å²) in [5, 5.41) is 3.60. The number of rotatable bonds is 4. The van der Waals surface area contributed by atoms with Crippen LogP contribution in [0.2, 0.25) is 0 Å². The van der Waals surface area contributed by atoms with Gasteiger partial charge in [0.2, 0.25) is 5.76 Å². The maximum absolute atomic E-state index is 12.3. The van der Waals surface area contributed by atoms with Gasteiger partial charge in [-0.1, -0.05) is 35.5 Å². The summed E-state index contributed by atoms with van der Waals surface area (Å²) in [4.78, 5) is 14.1. The van der Waals surface area contributed by atoms with E-state index in [1.807, 2.05) is 18.2 Å². The van der Waals surface area contributed by atoms with Crippen molar-refractivity contribution in [1.29, 1.82) is 0 Å². The molecule has 0 radical (unpaired) electrons. The van der Waals surface area contributed by atoms with Gasteiger partial charge < -0.3 is 18.9 Å². The molecule has 0 saturated carbocycles. The number of hydrogen-bond donors (Lipinski definition) is 0. The van der Waals surface area contributed by atoms with Gasteiger partial charge in [-0.3, -0.25) is 4.79 Å². The highest BCUT2D eigenvalue weighted by atomic mass is 16.6. The van der Waals surface area contributed by atoms with Crippen LogP contribution in [0, 0.1) is 0 Å². The molecule has 2 aliphatic rings. The Morgan fingerprint density at radius 1 is 1.33 bits per heavy atom. The van der Waals surface area contributed by atoms with Crippen LogP contribution in [0.3, 0.4) is 0 Å². The second-order valence-corrected chi connectivity index (χ2v) is 6.47. The minimum absolute atomic E-state index is 0.0746. The second kappa shape index (κ2) is 6.37. The van der Waals surface area contributed by atoms with E-state index in [1.54, 1.807) is 11.0 Å². The molecule has 0 N–H and O–H groups in total. The number of likely N-dealkylation sites (tertiary alicyclic amines) is 1. The first-order chi connectivity index (χ1) is 11.7. The number of aromatic nitrogens is 1. The van der Waals surface area contributed by atoms with Gasteiger partial charge in [0.25, 0.3) is 5.91 Å². The first-order valence-corrected chi connectivity index (χ1v) is 8.24. The molecule has 2 aliphatic heterocycles. The van der Waals surface area contributed by atoms with E-state index in [4.69, 9.17) is 14.0 Å². The average Bonchev–Trinajstić information content (AvgIpc) is 3.36. The predicted octanol–water partition coefficient (Wildman–Crippen LogP) is 2.27. The van der Waals surface area contributed by atoms with E-state index in [0.717, 1.165) is 18.4 Å². The van der Waals surface area contributed by atoms with Gasteiger partial charge in [0.15, 0.2) is 0 Å². The molecule has 1 spiro atoms. The Morgan fingerprint density at radius 3 is 3.00 bits per heavy atom. The molecule has 6 heteroatoms. The number of carbonyl (C=O) groups is 1. The maximum Gasteiger partial charge on any atom is 0.292 e. The van der Waals surface area contributed by atoms with Crippen molar-refractivity contribution in [3.63, 3.8) is 0 Å². The summed E-state index contributed by atoms with van der Waals surface area (Å²) >= 11 is 0. The molecule has 2 unspecified atom stereocenters. The van der Waals surface area contributed by atoms with E-state index in [1.165, 1.54) is 6.20 Å². The summed E-state index contributed by atoms with van der Waals surface area (Å²) in [5.74, 6) is 0.156. The average molecular weight is 328 g/mol. The van der Waals surface area contributed by atoms with Crippen LogP contribution >= 0.6 is 0 Å². The molecule has 4 rings (SSSR count). The van der Waals surface area contributed by atoms with E-state index in [0.29, 0.717) is 26.3 Å². The topological polar surface area (TPSA) is 64.8 Å². The largest absolute Gasteiger partial charge is 0.371 e. The van der Waals surface area contributed by atoms with E-state index in [9.17, 15) is 4.79 Å². The van der Waals surface area contributed by atoms with Crippen LogP contribution in [0.4, 0.5) is 0 Å². The monoisotopic (exact) mass is 328 g/mol. The molecule has 2 saturated heterocycles. The van der Waals surface area contributed by atoms with Crippen molar-refractivity contribution in [3.05, 3.63) is 53.9 Å². The van der Waals surface area contributed by atoms with Crippen LogP contribution in [0.25, 0.3) is 0 Å². The molecule has 0 bridgehead atoms. The highest BCUT2D eigenvalue weighted by Gasteiger charge is 2.47. The third kappa shape index (κ3) is 3.07. The Labute approximate surface area is 140 Å². The van der Waals surface area contributed by atoms with Crippen molar-refractivity contribution in [2.24, 2.45) is 0 Å². The van der Waals surface area contributed by atoms with E-state index in [2.05, 4.69) is 17.3 Å². The summed E-state index contributed by atoms with van der Waals surface area (Å²) < 4.78 is 17.0. The Balaban J connectivity index is 1.32. The van der Waals surface area contributed by atoms with Crippen molar-refractivity contribution >= 4 is 5.91 Å². The smallest absolute Gasteiger partial charge is 0.292 e. The van der Waals surface area contributed by atoms with Gasteiger partial charge in [-0.15, -0.1) is 0 Å². The van der Waals surface area contributed by atoms with Crippen LogP contribution in [0.5, 0.6) is 0 Å². The lowest BCUT2D eigenvalue weighted by molar-refractivity contribution is 0.0000650. The highest BCUT2D eigenvalue weighted by Crippen LogP contribution is 2.37. The molecule has 24 heavy (non-hydrogen) atoms. The zero-order valence-corrected chi connectivity index (χ0v) is 13.4. The van der Waals surface area contributed by atoms with E-state index >= 15 is 0 Å². The van der Waals surface area contributed by atoms with Crippen LogP contribution in [0.15, 0.2) is 47.1 Å². The van der Waals surface area contributed by atoms with Crippen LogP contribution in [-0.4, -0.2) is 47.4 Å². The van der Waals surface area contributed by atoms with Gasteiger partial charge in [-0.2, -0.15) is 0 Å². The Kier molecular flexibility index (Phi) is 4.08. The van der Waals surface area contributed by atoms with Gasteiger partial charge in [-0.05, 0) is 12.0 Å². The van der Waals surface area contributed by atoms with Crippen molar-refractivity contribution in [1.82, 2.24) is 10.1 Å². The fourth-order valence-corrected chi connectivity index (χ4v) is 3.48. The first-order valence-electron chi connectivity index (χ1n) is 8.24. The quantitative estimate of drug-likeness (QED) is 0.861. The van der Waals surface area contributed by atoms with Crippen molar-refractivity contribution < 1.29 is 18.8 Å². The van der Waals surface area contributed by atoms with E-state index < -0.39 is 0 Å². The minimum Gasteiger partial charge on any atom is -0.371 e. The van der Waals surface area contributed by atoms with Crippen molar-refractivity contribution in [3.8, 4) is 0 Å². The zero-order chi connectivity index (χ0) is 16.4. The van der Waals surface area contributed by atoms with Gasteiger partial charge in [0.1, 0.15) is 0 Å². The van der Waals surface area contributed by atoms with Crippen LogP contribution in [0.1, 0.15) is 29.0 Å². The number of nitrogens with zero attached hydrogens (tertiary/aromatic N) is 2. The molecular weight excluding hydrogens is 308 g/mol. The Morgan fingerprint density at radius 2 is 2.21 bits per heavy atom. The number of carbonyl (C=O) groups excluding carboxylic acids is 1. The normalized spacial score (nSPS) is 26.3. The summed E-state index contributed by atoms with van der Waals surface area (Å²) in [5.41, 5.74) is 0.879. The third-order valence-corrected chi connectivity index (χ3v) is 4.76. The molecule has 2 aromatic rings. The molecular formula is C18H20N2O4. The van der Waals surface area contributed by atoms with Crippen molar-refractivity contribution in [2.75, 3.05) is 19.7 Å². The molecule has 3 heterocycles. The lowest BCUT2D eigenvalue weighted by Crippen LogP contribution is -2.36. The summed E-state index contributed by atoms with van der Waals surface area (Å²) in [6.07, 6.45) is 3.21. The minimum atomic E-state index is -0.281. The number of ether oxygens (including phenoxy) is 2. The zero-order valence-electron chi connectivity index (χ0n) is 13.4. The van der Waals surface area contributed by atoms with Gasteiger partial charge >= 0.3 is 0 Å². The number of amides is 1. The van der Waals surface area contributed by atoms with Crippen molar-refractivity contribution in [2.45, 2.75) is 31.2 Å².